The van der Waals surface area contributed by atoms with E-state index in [-0.39, 0.29) is 0 Å². The Morgan fingerprint density at radius 1 is 0.909 bits per heavy atom. The van der Waals surface area contributed by atoms with Crippen LogP contribution in [0.2, 0.25) is 0 Å². The minimum atomic E-state index is 0.975. The molecule has 1 aliphatic carbocycles. The summed E-state index contributed by atoms with van der Waals surface area (Å²) in [5.74, 6) is 0. The van der Waals surface area contributed by atoms with Crippen LogP contribution in [0.15, 0.2) is 30.5 Å². The van der Waals surface area contributed by atoms with Crippen LogP contribution in [-0.2, 0) is 0 Å². The molecule has 22 heavy (non-hydrogen) atoms. The summed E-state index contributed by atoms with van der Waals surface area (Å²) in [5, 5.41) is 0. The molecule has 0 N–H and O–H groups in total. The molecule has 3 rings (SSSR count). The molecule has 0 aromatic carbocycles. The van der Waals surface area contributed by atoms with E-state index >= 15 is 0 Å². The second kappa shape index (κ2) is 5.53. The summed E-state index contributed by atoms with van der Waals surface area (Å²) in [6, 6.07) is 2.06. The van der Waals surface area contributed by atoms with Crippen molar-refractivity contribution in [3.05, 3.63) is 64.0 Å². The highest BCUT2D eigenvalue weighted by Crippen LogP contribution is 2.36. The highest BCUT2D eigenvalue weighted by Gasteiger charge is 2.20. The summed E-state index contributed by atoms with van der Waals surface area (Å²) >= 11 is 0. The van der Waals surface area contributed by atoms with Gasteiger partial charge in [-0.2, -0.15) is 0 Å². The zero-order chi connectivity index (χ0) is 15.9. The monoisotopic (exact) mass is 290 g/mol. The van der Waals surface area contributed by atoms with E-state index in [0.29, 0.717) is 0 Å². The number of aryl methyl sites for hydroxylation is 2. The van der Waals surface area contributed by atoms with Crippen molar-refractivity contribution < 1.29 is 0 Å². The molecule has 1 aliphatic rings. The average molecular weight is 290 g/mol. The van der Waals surface area contributed by atoms with Gasteiger partial charge in [0.05, 0.1) is 11.4 Å². The van der Waals surface area contributed by atoms with Gasteiger partial charge in [0, 0.05) is 17.5 Å². The fourth-order valence-electron chi connectivity index (χ4n) is 3.01. The van der Waals surface area contributed by atoms with Crippen LogP contribution in [0.4, 0.5) is 0 Å². The zero-order valence-corrected chi connectivity index (χ0v) is 14.0. The van der Waals surface area contributed by atoms with Crippen LogP contribution in [0.5, 0.6) is 0 Å². The molecule has 112 valence electrons. The maximum absolute atomic E-state index is 4.92. The summed E-state index contributed by atoms with van der Waals surface area (Å²) in [4.78, 5) is 9.56. The van der Waals surface area contributed by atoms with Gasteiger partial charge in [0.25, 0.3) is 0 Å². The average Bonchev–Trinajstić information content (AvgIpc) is 3.01. The van der Waals surface area contributed by atoms with E-state index in [4.69, 9.17) is 4.98 Å². The highest BCUT2D eigenvalue weighted by atomic mass is 14.8. The summed E-state index contributed by atoms with van der Waals surface area (Å²) in [6.07, 6.45) is 9.39. The summed E-state index contributed by atoms with van der Waals surface area (Å²) in [7, 11) is 0. The number of rotatable bonds is 2. The van der Waals surface area contributed by atoms with E-state index in [9.17, 15) is 0 Å². The number of aromatic nitrogens is 2. The van der Waals surface area contributed by atoms with Gasteiger partial charge in [-0.25, -0.2) is 0 Å². The molecule has 2 nitrogen and oxygen atoms in total. The summed E-state index contributed by atoms with van der Waals surface area (Å²) in [5.41, 5.74) is 10.8. The maximum atomic E-state index is 4.92. The predicted molar refractivity (Wildman–Crippen MR) is 92.9 cm³/mol. The molecule has 0 aliphatic heterocycles. The van der Waals surface area contributed by atoms with Gasteiger partial charge in [-0.15, -0.1) is 0 Å². The third-order valence-electron chi connectivity index (χ3n) is 4.79. The van der Waals surface area contributed by atoms with E-state index in [0.717, 1.165) is 23.5 Å². The van der Waals surface area contributed by atoms with Crippen molar-refractivity contribution in [3.8, 4) is 11.4 Å². The number of pyridine rings is 2. The molecule has 0 fully saturated rings. The minimum absolute atomic E-state index is 0.975. The molecular weight excluding hydrogens is 268 g/mol. The lowest BCUT2D eigenvalue weighted by Gasteiger charge is -2.18. The van der Waals surface area contributed by atoms with Gasteiger partial charge >= 0.3 is 0 Å². The molecule has 0 spiro atoms. The fraction of sp³-hybridized carbons (Fsp3) is 0.300. The van der Waals surface area contributed by atoms with Gasteiger partial charge in [0.15, 0.2) is 0 Å². The van der Waals surface area contributed by atoms with Crippen LogP contribution in [-0.4, -0.2) is 9.97 Å². The summed E-state index contributed by atoms with van der Waals surface area (Å²) in [6.45, 7) is 10.7. The first kappa shape index (κ1) is 14.7. The maximum Gasteiger partial charge on any atom is 0.0970 e. The number of nitrogens with zero attached hydrogens (tertiary/aromatic N) is 2. The van der Waals surface area contributed by atoms with Crippen LogP contribution in [0, 0.1) is 34.6 Å². The molecule has 0 radical (unpaired) electrons. The Hall–Kier alpha value is -2.22. The van der Waals surface area contributed by atoms with Crippen molar-refractivity contribution in [2.45, 2.75) is 41.0 Å². The second-order valence-electron chi connectivity index (χ2n) is 6.10. The van der Waals surface area contributed by atoms with Crippen molar-refractivity contribution in [1.82, 2.24) is 9.97 Å². The largest absolute Gasteiger partial charge is 0.254 e. The van der Waals surface area contributed by atoms with Gasteiger partial charge in [0.2, 0.25) is 0 Å². The van der Waals surface area contributed by atoms with Gasteiger partial charge in [0.1, 0.15) is 0 Å². The van der Waals surface area contributed by atoms with E-state index in [1.54, 1.807) is 0 Å². The van der Waals surface area contributed by atoms with E-state index in [1.165, 1.54) is 33.4 Å². The Bertz CT molecular complexity index is 811. The van der Waals surface area contributed by atoms with E-state index in [1.807, 2.05) is 6.20 Å². The van der Waals surface area contributed by atoms with Gasteiger partial charge in [-0.05, 0) is 74.9 Å². The Balaban J connectivity index is 2.33. The normalized spacial score (nSPS) is 13.6. The predicted octanol–water partition coefficient (Wildman–Crippen LogP) is 5.03. The quantitative estimate of drug-likeness (QED) is 0.775. The Morgan fingerprint density at radius 3 is 2.36 bits per heavy atom. The zero-order valence-electron chi connectivity index (χ0n) is 14.0. The lowest BCUT2D eigenvalue weighted by molar-refractivity contribution is 1.08. The topological polar surface area (TPSA) is 25.8 Å². The van der Waals surface area contributed by atoms with Crippen LogP contribution in [0.3, 0.4) is 0 Å². The third kappa shape index (κ3) is 2.29. The second-order valence-corrected chi connectivity index (χ2v) is 6.10. The molecule has 2 heteroatoms. The van der Waals surface area contributed by atoms with Crippen LogP contribution in [0.25, 0.3) is 17.0 Å². The van der Waals surface area contributed by atoms with Crippen LogP contribution >= 0.6 is 0 Å². The molecular formula is C20H22N2. The Labute approximate surface area is 132 Å². The van der Waals surface area contributed by atoms with Crippen LogP contribution < -0.4 is 0 Å². The SMILES string of the molecule is Cc1ccnc(-c2nc(C)c(C)c(C)c2C2=CC=CC2)c1C. The van der Waals surface area contributed by atoms with Gasteiger partial charge < -0.3 is 0 Å². The van der Waals surface area contributed by atoms with E-state index in [2.05, 4.69) is 63.9 Å². The van der Waals surface area contributed by atoms with Crippen molar-refractivity contribution in [1.29, 1.82) is 0 Å². The standard InChI is InChI=1S/C20H22N2/c1-12-10-11-21-19(13(12)2)20-18(17-8-6-7-9-17)15(4)14(3)16(5)22-20/h6-8,10-11H,9H2,1-5H3. The summed E-state index contributed by atoms with van der Waals surface area (Å²) < 4.78 is 0. The van der Waals surface area contributed by atoms with Crippen molar-refractivity contribution in [2.24, 2.45) is 0 Å². The van der Waals surface area contributed by atoms with Crippen LogP contribution in [0.1, 0.15) is 39.9 Å². The lowest BCUT2D eigenvalue weighted by Crippen LogP contribution is -2.04. The molecule has 0 saturated carbocycles. The fourth-order valence-corrected chi connectivity index (χ4v) is 3.01. The molecule has 0 bridgehead atoms. The Kier molecular flexibility index (Phi) is 3.69. The smallest absolute Gasteiger partial charge is 0.0970 e. The first-order valence-electron chi connectivity index (χ1n) is 7.77. The molecule has 0 saturated heterocycles. The lowest BCUT2D eigenvalue weighted by atomic mass is 9.91. The Morgan fingerprint density at radius 2 is 1.68 bits per heavy atom. The van der Waals surface area contributed by atoms with Crippen molar-refractivity contribution >= 4 is 5.57 Å². The first-order chi connectivity index (χ1) is 10.5. The molecule has 2 heterocycles. The van der Waals surface area contributed by atoms with Gasteiger partial charge in [-0.3, -0.25) is 9.97 Å². The molecule has 0 atom stereocenters. The minimum Gasteiger partial charge on any atom is -0.254 e. The van der Waals surface area contributed by atoms with Crippen molar-refractivity contribution in [3.63, 3.8) is 0 Å². The first-order valence-corrected chi connectivity index (χ1v) is 7.77. The van der Waals surface area contributed by atoms with Gasteiger partial charge in [-0.1, -0.05) is 18.2 Å². The molecule has 2 aromatic heterocycles. The number of allylic oxidation sites excluding steroid dienone is 4. The molecule has 0 amide bonds. The molecule has 0 unspecified atom stereocenters. The highest BCUT2D eigenvalue weighted by molar-refractivity contribution is 5.84. The third-order valence-corrected chi connectivity index (χ3v) is 4.79. The number of hydrogen-bond donors (Lipinski definition) is 0. The number of hydrogen-bond acceptors (Lipinski definition) is 2. The molecule has 2 aromatic rings. The van der Waals surface area contributed by atoms with E-state index < -0.39 is 0 Å². The van der Waals surface area contributed by atoms with Crippen molar-refractivity contribution in [2.75, 3.05) is 0 Å².